The molecule has 0 aromatic heterocycles. The molecule has 1 fully saturated rings. The summed E-state index contributed by atoms with van der Waals surface area (Å²) < 4.78 is 0. The fraction of sp³-hybridized carbons (Fsp3) is 0.588. The molecule has 1 amide bonds. The van der Waals surface area contributed by atoms with Crippen LogP contribution >= 0.6 is 0 Å². The number of carbonyl (C=O) groups excluding carboxylic acids is 1. The summed E-state index contributed by atoms with van der Waals surface area (Å²) in [6, 6.07) is 6.35. The number of nitrogens with one attached hydrogen (secondary N) is 1. The van der Waals surface area contributed by atoms with Crippen LogP contribution in [0.4, 0.5) is 11.4 Å². The number of benzene rings is 1. The molecule has 1 aromatic carbocycles. The molecule has 0 aliphatic carbocycles. The lowest BCUT2D eigenvalue weighted by Crippen LogP contribution is -2.18. The molecule has 1 aliphatic rings. The summed E-state index contributed by atoms with van der Waals surface area (Å²) in [5.74, 6) is 0.135. The van der Waals surface area contributed by atoms with Gasteiger partial charge < -0.3 is 10.2 Å². The molecular weight excluding hydrogens is 248 g/mol. The number of rotatable bonds is 6. The Morgan fingerprint density at radius 2 is 2.00 bits per heavy atom. The number of hydrogen-bond donors (Lipinski definition) is 1. The van der Waals surface area contributed by atoms with Crippen molar-refractivity contribution in [3.05, 3.63) is 23.8 Å². The van der Waals surface area contributed by atoms with E-state index in [1.807, 2.05) is 6.07 Å². The Morgan fingerprint density at radius 3 is 2.65 bits per heavy atom. The molecule has 0 spiro atoms. The third-order valence-corrected chi connectivity index (χ3v) is 3.96. The van der Waals surface area contributed by atoms with Gasteiger partial charge in [-0.05, 0) is 49.9 Å². The summed E-state index contributed by atoms with van der Waals surface area (Å²) >= 11 is 0. The van der Waals surface area contributed by atoms with Crippen LogP contribution in [0.3, 0.4) is 0 Å². The van der Waals surface area contributed by atoms with Crippen LogP contribution in [0.5, 0.6) is 0 Å². The lowest BCUT2D eigenvalue weighted by Gasteiger charge is -2.19. The normalized spacial score (nSPS) is 14.6. The number of anilines is 2. The second kappa shape index (κ2) is 7.32. The Morgan fingerprint density at radius 1 is 1.25 bits per heavy atom. The van der Waals surface area contributed by atoms with Crippen LogP contribution in [0, 0.1) is 6.92 Å². The first-order valence-electron chi connectivity index (χ1n) is 7.86. The average Bonchev–Trinajstić information content (AvgIpc) is 2.95. The standard InChI is InChI=1S/C17H26N2O/c1-3-4-5-8-17(20)18-16-10-9-15(13-14(16)2)19-11-6-7-12-19/h9-10,13H,3-8,11-12H2,1-2H3,(H,18,20). The van der Waals surface area contributed by atoms with Gasteiger partial charge in [-0.3, -0.25) is 4.79 Å². The predicted molar refractivity (Wildman–Crippen MR) is 85.4 cm³/mol. The van der Waals surface area contributed by atoms with Gasteiger partial charge in [-0.1, -0.05) is 19.8 Å². The number of amides is 1. The highest BCUT2D eigenvalue weighted by molar-refractivity contribution is 5.91. The van der Waals surface area contributed by atoms with Gasteiger partial charge in [-0.25, -0.2) is 0 Å². The van der Waals surface area contributed by atoms with Crippen molar-refractivity contribution in [1.82, 2.24) is 0 Å². The molecule has 0 saturated carbocycles. The van der Waals surface area contributed by atoms with Crippen LogP contribution in [0.1, 0.15) is 51.0 Å². The van der Waals surface area contributed by atoms with Crippen LogP contribution in [0.2, 0.25) is 0 Å². The van der Waals surface area contributed by atoms with E-state index < -0.39 is 0 Å². The first kappa shape index (κ1) is 14.9. The Balaban J connectivity index is 1.93. The van der Waals surface area contributed by atoms with Gasteiger partial charge >= 0.3 is 0 Å². The number of nitrogens with zero attached hydrogens (tertiary/aromatic N) is 1. The van der Waals surface area contributed by atoms with Gasteiger partial charge in [0.2, 0.25) is 5.91 Å². The number of aryl methyl sites for hydroxylation is 1. The van der Waals surface area contributed by atoms with Crippen LogP contribution in [-0.2, 0) is 4.79 Å². The van der Waals surface area contributed by atoms with Crippen LogP contribution in [0.25, 0.3) is 0 Å². The largest absolute Gasteiger partial charge is 0.372 e. The Labute approximate surface area is 122 Å². The van der Waals surface area contributed by atoms with Crippen molar-refractivity contribution in [2.45, 2.75) is 52.4 Å². The van der Waals surface area contributed by atoms with E-state index in [1.165, 1.54) is 18.5 Å². The lowest BCUT2D eigenvalue weighted by molar-refractivity contribution is -0.116. The molecule has 0 bridgehead atoms. The zero-order valence-electron chi connectivity index (χ0n) is 12.7. The summed E-state index contributed by atoms with van der Waals surface area (Å²) in [6.45, 7) is 6.53. The number of carbonyl (C=O) groups is 1. The predicted octanol–water partition coefficient (Wildman–Crippen LogP) is 4.11. The van der Waals surface area contributed by atoms with Gasteiger partial charge in [0.25, 0.3) is 0 Å². The zero-order chi connectivity index (χ0) is 14.4. The fourth-order valence-corrected chi connectivity index (χ4v) is 2.71. The molecule has 2 rings (SSSR count). The Hall–Kier alpha value is -1.51. The minimum Gasteiger partial charge on any atom is -0.372 e. The summed E-state index contributed by atoms with van der Waals surface area (Å²) in [7, 11) is 0. The third-order valence-electron chi connectivity index (χ3n) is 3.96. The van der Waals surface area contributed by atoms with Crippen LogP contribution in [-0.4, -0.2) is 19.0 Å². The lowest BCUT2D eigenvalue weighted by atomic mass is 10.1. The second-order valence-corrected chi connectivity index (χ2v) is 5.70. The molecule has 3 heteroatoms. The van der Waals surface area contributed by atoms with Gasteiger partial charge in [0.1, 0.15) is 0 Å². The van der Waals surface area contributed by atoms with E-state index in [0.29, 0.717) is 6.42 Å². The van der Waals surface area contributed by atoms with Crippen molar-refractivity contribution >= 4 is 17.3 Å². The van der Waals surface area contributed by atoms with Crippen molar-refractivity contribution in [2.24, 2.45) is 0 Å². The van der Waals surface area contributed by atoms with Gasteiger partial charge in [0.05, 0.1) is 0 Å². The van der Waals surface area contributed by atoms with E-state index in [-0.39, 0.29) is 5.91 Å². The van der Waals surface area contributed by atoms with Gasteiger partial charge in [0, 0.05) is 30.9 Å². The highest BCUT2D eigenvalue weighted by Gasteiger charge is 2.13. The highest BCUT2D eigenvalue weighted by Crippen LogP contribution is 2.25. The van der Waals surface area contributed by atoms with Crippen LogP contribution in [0.15, 0.2) is 18.2 Å². The van der Waals surface area contributed by atoms with E-state index in [4.69, 9.17) is 0 Å². The van der Waals surface area contributed by atoms with Gasteiger partial charge in [0.15, 0.2) is 0 Å². The zero-order valence-corrected chi connectivity index (χ0v) is 12.7. The number of hydrogen-bond acceptors (Lipinski definition) is 2. The topological polar surface area (TPSA) is 32.3 Å². The van der Waals surface area contributed by atoms with Gasteiger partial charge in [-0.2, -0.15) is 0 Å². The molecule has 1 heterocycles. The molecule has 3 nitrogen and oxygen atoms in total. The first-order valence-corrected chi connectivity index (χ1v) is 7.86. The molecule has 1 aliphatic heterocycles. The van der Waals surface area contributed by atoms with Crippen LogP contribution < -0.4 is 10.2 Å². The SMILES string of the molecule is CCCCCC(=O)Nc1ccc(N2CCCC2)cc1C. The maximum atomic E-state index is 11.9. The minimum absolute atomic E-state index is 0.135. The monoisotopic (exact) mass is 274 g/mol. The molecule has 1 N–H and O–H groups in total. The average molecular weight is 274 g/mol. The molecule has 1 aromatic rings. The van der Waals surface area contributed by atoms with E-state index in [1.54, 1.807) is 0 Å². The van der Waals surface area contributed by atoms with Crippen molar-refractivity contribution in [3.8, 4) is 0 Å². The third kappa shape index (κ3) is 3.99. The van der Waals surface area contributed by atoms with Crippen molar-refractivity contribution in [1.29, 1.82) is 0 Å². The number of unbranched alkanes of at least 4 members (excludes halogenated alkanes) is 2. The van der Waals surface area contributed by atoms with E-state index in [9.17, 15) is 4.79 Å². The second-order valence-electron chi connectivity index (χ2n) is 5.70. The molecule has 0 unspecified atom stereocenters. The molecule has 1 saturated heterocycles. The Kier molecular flexibility index (Phi) is 5.45. The molecule has 20 heavy (non-hydrogen) atoms. The van der Waals surface area contributed by atoms with Gasteiger partial charge in [-0.15, -0.1) is 0 Å². The summed E-state index contributed by atoms with van der Waals surface area (Å²) in [5, 5.41) is 3.03. The fourth-order valence-electron chi connectivity index (χ4n) is 2.71. The van der Waals surface area contributed by atoms with E-state index in [0.717, 1.165) is 43.6 Å². The van der Waals surface area contributed by atoms with E-state index >= 15 is 0 Å². The molecular formula is C17H26N2O. The first-order chi connectivity index (χ1) is 9.70. The minimum atomic E-state index is 0.135. The molecule has 110 valence electrons. The summed E-state index contributed by atoms with van der Waals surface area (Å²) in [6.07, 6.45) is 6.45. The quantitative estimate of drug-likeness (QED) is 0.792. The Bertz CT molecular complexity index is 450. The molecule has 0 atom stereocenters. The summed E-state index contributed by atoms with van der Waals surface area (Å²) in [5.41, 5.74) is 3.39. The van der Waals surface area contributed by atoms with Crippen molar-refractivity contribution in [3.63, 3.8) is 0 Å². The molecule has 0 radical (unpaired) electrons. The highest BCUT2D eigenvalue weighted by atomic mass is 16.1. The van der Waals surface area contributed by atoms with Crippen molar-refractivity contribution < 1.29 is 4.79 Å². The van der Waals surface area contributed by atoms with Crippen molar-refractivity contribution in [2.75, 3.05) is 23.3 Å². The smallest absolute Gasteiger partial charge is 0.224 e. The maximum absolute atomic E-state index is 11.9. The maximum Gasteiger partial charge on any atom is 0.224 e. The summed E-state index contributed by atoms with van der Waals surface area (Å²) in [4.78, 5) is 14.3. The van der Waals surface area contributed by atoms with E-state index in [2.05, 4.69) is 36.2 Å².